The van der Waals surface area contributed by atoms with Gasteiger partial charge in [-0.05, 0) is 56.4 Å². The Morgan fingerprint density at radius 1 is 0.913 bits per heavy atom. The van der Waals surface area contributed by atoms with E-state index in [-0.39, 0.29) is 31.4 Å². The van der Waals surface area contributed by atoms with Gasteiger partial charge in [-0.2, -0.15) is 4.73 Å². The molecular weight excluding hydrogens is 654 g/mol. The Labute approximate surface area is 282 Å². The second-order valence-electron chi connectivity index (χ2n) is 11.2. The summed E-state index contributed by atoms with van der Waals surface area (Å²) >= 11 is 3.45. The number of carbonyl (C=O) groups excluding carboxylic acids is 5. The van der Waals surface area contributed by atoms with Crippen LogP contribution < -0.4 is 20.8 Å². The molecule has 1 aromatic carbocycles. The second kappa shape index (κ2) is 23.0. The number of aromatic nitrogens is 1. The fourth-order valence-corrected chi connectivity index (χ4v) is 4.96. The molecule has 0 aliphatic carbocycles. The van der Waals surface area contributed by atoms with Crippen LogP contribution in [0, 0.1) is 6.92 Å². The second-order valence-corrected chi connectivity index (χ2v) is 12.1. The number of ketones is 1. The van der Waals surface area contributed by atoms with Crippen molar-refractivity contribution in [2.45, 2.75) is 105 Å². The number of hydrogen-bond acceptors (Lipinski definition) is 6. The number of benzene rings is 1. The van der Waals surface area contributed by atoms with E-state index in [1.807, 2.05) is 25.3 Å². The minimum absolute atomic E-state index is 0.154. The highest BCUT2D eigenvalue weighted by Crippen LogP contribution is 2.23. The first kappa shape index (κ1) is 40.6. The zero-order valence-corrected chi connectivity index (χ0v) is 30.1. The number of Topliss-reactive ketones (excluding diaryl/α,β-unsaturated/α-hetero) is 1. The predicted octanol–water partition coefficient (Wildman–Crippen LogP) is 4.85. The molecule has 3 heterocycles. The summed E-state index contributed by atoms with van der Waals surface area (Å²) in [4.78, 5) is 64.3. The summed E-state index contributed by atoms with van der Waals surface area (Å²) in [5.41, 5.74) is 2.32. The van der Waals surface area contributed by atoms with Gasteiger partial charge in [-0.15, -0.1) is 0 Å². The van der Waals surface area contributed by atoms with E-state index in [0.29, 0.717) is 25.2 Å². The first-order valence-corrected chi connectivity index (χ1v) is 17.3. The molecule has 46 heavy (non-hydrogen) atoms. The summed E-state index contributed by atoms with van der Waals surface area (Å²) in [5, 5.41) is 8.54. The SMILES string of the molecule is CCCC.CCCCCC(=O)CC.COn1cc(C)c2cc(Br)ccc21.O=C1CNC(=O)CNC(=O)C2CCCCN2C(=O)CN1. The van der Waals surface area contributed by atoms with E-state index in [9.17, 15) is 24.0 Å². The average molecular weight is 709 g/mol. The van der Waals surface area contributed by atoms with Gasteiger partial charge in [-0.3, -0.25) is 24.0 Å². The van der Waals surface area contributed by atoms with Crippen LogP contribution in [-0.4, -0.2) is 78.4 Å². The molecule has 0 bridgehead atoms. The number of piperidine rings is 1. The number of amides is 4. The van der Waals surface area contributed by atoms with Crippen LogP contribution in [0.2, 0.25) is 0 Å². The molecule has 2 saturated heterocycles. The van der Waals surface area contributed by atoms with Crippen molar-refractivity contribution in [1.82, 2.24) is 25.6 Å². The average Bonchev–Trinajstić information content (AvgIpc) is 3.39. The largest absolute Gasteiger partial charge is 0.417 e. The van der Waals surface area contributed by atoms with Gasteiger partial charge in [0.05, 0.1) is 25.2 Å². The minimum atomic E-state index is -0.555. The van der Waals surface area contributed by atoms with Crippen LogP contribution in [0.25, 0.3) is 10.9 Å². The number of aryl methyl sites for hydroxylation is 1. The maximum Gasteiger partial charge on any atom is 0.243 e. The summed E-state index contributed by atoms with van der Waals surface area (Å²) in [5.74, 6) is -1.04. The van der Waals surface area contributed by atoms with Crippen LogP contribution in [0.5, 0.6) is 0 Å². The fraction of sp³-hybridized carbons (Fsp3) is 0.618. The lowest BCUT2D eigenvalue weighted by atomic mass is 10.0. The van der Waals surface area contributed by atoms with Crippen molar-refractivity contribution in [2.24, 2.45) is 0 Å². The van der Waals surface area contributed by atoms with Gasteiger partial charge in [0, 0.05) is 35.4 Å². The molecule has 0 radical (unpaired) electrons. The third-order valence-corrected chi connectivity index (χ3v) is 8.01. The van der Waals surface area contributed by atoms with E-state index in [1.165, 1.54) is 41.5 Å². The minimum Gasteiger partial charge on any atom is -0.417 e. The van der Waals surface area contributed by atoms with Gasteiger partial charge in [0.1, 0.15) is 18.9 Å². The zero-order valence-electron chi connectivity index (χ0n) is 28.5. The summed E-state index contributed by atoms with van der Waals surface area (Å²) < 4.78 is 2.87. The molecule has 11 nitrogen and oxygen atoms in total. The maximum absolute atomic E-state index is 12.1. The van der Waals surface area contributed by atoms with Crippen LogP contribution in [0.4, 0.5) is 0 Å². The monoisotopic (exact) mass is 707 g/mol. The van der Waals surface area contributed by atoms with Crippen LogP contribution in [-0.2, 0) is 24.0 Å². The van der Waals surface area contributed by atoms with Crippen LogP contribution in [0.15, 0.2) is 28.9 Å². The molecule has 3 N–H and O–H groups in total. The Kier molecular flexibility index (Phi) is 20.3. The lowest BCUT2D eigenvalue weighted by Gasteiger charge is -2.35. The number of rotatable bonds is 7. The molecule has 4 rings (SSSR count). The first-order chi connectivity index (χ1) is 22.0. The number of hydrogen-bond donors (Lipinski definition) is 3. The normalized spacial score (nSPS) is 16.7. The van der Waals surface area contributed by atoms with Crippen molar-refractivity contribution in [3.05, 3.63) is 34.4 Å². The Balaban J connectivity index is 0.000000350. The van der Waals surface area contributed by atoms with Gasteiger partial charge in [0.15, 0.2) is 0 Å². The summed E-state index contributed by atoms with van der Waals surface area (Å²) in [7, 11) is 1.67. The van der Waals surface area contributed by atoms with E-state index in [1.54, 1.807) is 11.8 Å². The van der Waals surface area contributed by atoms with E-state index in [4.69, 9.17) is 4.84 Å². The quantitative estimate of drug-likeness (QED) is 0.352. The van der Waals surface area contributed by atoms with Gasteiger partial charge in [-0.1, -0.05) is 69.3 Å². The van der Waals surface area contributed by atoms with Gasteiger partial charge in [0.2, 0.25) is 23.6 Å². The fourth-order valence-electron chi connectivity index (χ4n) is 4.60. The highest BCUT2D eigenvalue weighted by Gasteiger charge is 2.32. The number of carbonyl (C=O) groups is 5. The van der Waals surface area contributed by atoms with Crippen LogP contribution in [0.3, 0.4) is 0 Å². The van der Waals surface area contributed by atoms with Crippen molar-refractivity contribution in [1.29, 1.82) is 0 Å². The third kappa shape index (κ3) is 14.8. The van der Waals surface area contributed by atoms with Gasteiger partial charge in [-0.25, -0.2) is 0 Å². The molecule has 258 valence electrons. The van der Waals surface area contributed by atoms with Gasteiger partial charge < -0.3 is 25.7 Å². The Hall–Kier alpha value is -3.41. The third-order valence-electron chi connectivity index (χ3n) is 7.51. The van der Waals surface area contributed by atoms with Gasteiger partial charge in [0.25, 0.3) is 0 Å². The Morgan fingerprint density at radius 2 is 1.57 bits per heavy atom. The van der Waals surface area contributed by atoms with E-state index in [0.717, 1.165) is 35.7 Å². The molecule has 1 aromatic heterocycles. The summed E-state index contributed by atoms with van der Waals surface area (Å²) in [6.07, 6.45) is 11.9. The molecule has 0 spiro atoms. The van der Waals surface area contributed by atoms with E-state index in [2.05, 4.69) is 65.6 Å². The standard InChI is InChI=1S/C12H18N4O4.C10H10BrNO.C8H16O.C4H10/c17-9-5-13-10(18)6-15-12(20)8-3-1-2-4-16(8)11(19)7-14-9;1-7-6-12(13-2)10-4-3-8(11)5-9(7)10;1-3-5-6-7-8(9)4-2;1-3-4-2/h8H,1-7H2,(H,13,18)(H,14,17)(H,15,20);3-6H,1-2H3;3-7H2,1-2H3;3-4H2,1-2H3. The Bertz CT molecular complexity index is 1220. The molecule has 1 atom stereocenters. The topological polar surface area (TPSA) is 139 Å². The predicted molar refractivity (Wildman–Crippen MR) is 185 cm³/mol. The number of nitrogens with zero attached hydrogens (tertiary/aromatic N) is 2. The molecule has 2 aromatic rings. The van der Waals surface area contributed by atoms with Crippen molar-refractivity contribution in [3.8, 4) is 0 Å². The summed E-state index contributed by atoms with van der Waals surface area (Å²) in [6.45, 7) is 10.5. The van der Waals surface area contributed by atoms with Crippen molar-refractivity contribution < 1.29 is 28.8 Å². The molecular formula is C34H54BrN5O6. The molecule has 2 fully saturated rings. The lowest BCUT2D eigenvalue weighted by molar-refractivity contribution is -0.143. The van der Waals surface area contributed by atoms with Gasteiger partial charge >= 0.3 is 0 Å². The van der Waals surface area contributed by atoms with Crippen LogP contribution >= 0.6 is 15.9 Å². The van der Waals surface area contributed by atoms with E-state index < -0.39 is 17.9 Å². The molecule has 2 aliphatic rings. The maximum atomic E-state index is 12.1. The number of fused-ring (bicyclic) bond motifs is 2. The molecule has 12 heteroatoms. The first-order valence-electron chi connectivity index (χ1n) is 16.5. The number of nitrogens with one attached hydrogen (secondary N) is 3. The molecule has 0 saturated carbocycles. The van der Waals surface area contributed by atoms with Crippen molar-refractivity contribution in [2.75, 3.05) is 33.3 Å². The zero-order chi connectivity index (χ0) is 34.5. The number of halogens is 1. The Morgan fingerprint density at radius 3 is 2.17 bits per heavy atom. The summed E-state index contributed by atoms with van der Waals surface area (Å²) in [6, 6.07) is 5.59. The highest BCUT2D eigenvalue weighted by molar-refractivity contribution is 9.10. The molecule has 4 amide bonds. The number of unbranched alkanes of at least 4 members (excludes halogenated alkanes) is 3. The molecule has 1 unspecified atom stereocenters. The van der Waals surface area contributed by atoms with E-state index >= 15 is 0 Å². The van der Waals surface area contributed by atoms with Crippen LogP contribution in [0.1, 0.15) is 97.5 Å². The highest BCUT2D eigenvalue weighted by atomic mass is 79.9. The smallest absolute Gasteiger partial charge is 0.243 e. The molecule has 2 aliphatic heterocycles. The van der Waals surface area contributed by atoms with Crippen molar-refractivity contribution in [3.63, 3.8) is 0 Å². The lowest BCUT2D eigenvalue weighted by Crippen LogP contribution is -2.56. The van der Waals surface area contributed by atoms with Crippen molar-refractivity contribution >= 4 is 56.2 Å².